The van der Waals surface area contributed by atoms with Crippen molar-refractivity contribution >= 4 is 5.78 Å². The smallest absolute Gasteiger partial charge is 0.176 e. The zero-order valence-electron chi connectivity index (χ0n) is 10.9. The molecule has 4 nitrogen and oxygen atoms in total. The molecule has 1 aliphatic carbocycles. The van der Waals surface area contributed by atoms with Crippen LogP contribution in [0.2, 0.25) is 0 Å². The minimum atomic E-state index is 0.0472. The number of Topliss-reactive ketones (excluding diaryl/α,β-unsaturated/α-hetero) is 1. The van der Waals surface area contributed by atoms with Crippen molar-refractivity contribution in [3.05, 3.63) is 23.8 Å². The van der Waals surface area contributed by atoms with E-state index in [-0.39, 0.29) is 5.78 Å². The number of carbonyl (C=O) groups excluding carboxylic acids is 1. The quantitative estimate of drug-likeness (QED) is 0.784. The van der Waals surface area contributed by atoms with E-state index >= 15 is 0 Å². The minimum Gasteiger partial charge on any atom is -0.493 e. The Bertz CT molecular complexity index is 427. The molecule has 0 aromatic heterocycles. The zero-order valence-corrected chi connectivity index (χ0v) is 10.9. The van der Waals surface area contributed by atoms with E-state index < -0.39 is 0 Å². The first-order valence-corrected chi connectivity index (χ1v) is 6.27. The highest BCUT2D eigenvalue weighted by Gasteiger charge is 2.21. The van der Waals surface area contributed by atoms with E-state index in [9.17, 15) is 4.79 Å². The zero-order chi connectivity index (χ0) is 13.0. The van der Waals surface area contributed by atoms with Gasteiger partial charge in [0.2, 0.25) is 0 Å². The molecule has 1 aromatic rings. The van der Waals surface area contributed by atoms with Crippen LogP contribution in [0, 0.1) is 0 Å². The predicted octanol–water partition coefficient (Wildman–Crippen LogP) is 2.03. The number of rotatable bonds is 6. The highest BCUT2D eigenvalue weighted by molar-refractivity contribution is 5.98. The molecule has 4 heteroatoms. The van der Waals surface area contributed by atoms with Crippen LogP contribution in [0.3, 0.4) is 0 Å². The topological polar surface area (TPSA) is 47.6 Å². The maximum Gasteiger partial charge on any atom is 0.176 e. The summed E-state index contributed by atoms with van der Waals surface area (Å²) in [5, 5.41) is 2.85. The third kappa shape index (κ3) is 2.82. The Labute approximate surface area is 107 Å². The van der Waals surface area contributed by atoms with Gasteiger partial charge < -0.3 is 14.8 Å². The van der Waals surface area contributed by atoms with Crippen LogP contribution in [0.1, 0.15) is 29.6 Å². The van der Waals surface area contributed by atoms with E-state index in [1.54, 1.807) is 26.3 Å². The summed E-state index contributed by atoms with van der Waals surface area (Å²) in [5.41, 5.74) is 0.641. The molecule has 0 amide bonds. The summed E-state index contributed by atoms with van der Waals surface area (Å²) < 4.78 is 11.1. The Kier molecular flexibility index (Phi) is 4.20. The van der Waals surface area contributed by atoms with Crippen LogP contribution >= 0.6 is 0 Å². The van der Waals surface area contributed by atoms with Gasteiger partial charge in [-0.1, -0.05) is 0 Å². The molecule has 0 unspecified atom stereocenters. The van der Waals surface area contributed by atoms with Crippen molar-refractivity contribution in [2.75, 3.05) is 20.7 Å². The fourth-order valence-corrected chi connectivity index (χ4v) is 1.87. The van der Waals surface area contributed by atoms with E-state index in [0.29, 0.717) is 24.0 Å². The first kappa shape index (κ1) is 12.9. The second kappa shape index (κ2) is 5.87. The lowest BCUT2D eigenvalue weighted by Crippen LogP contribution is -2.25. The lowest BCUT2D eigenvalue weighted by atomic mass is 9.96. The summed E-state index contributed by atoms with van der Waals surface area (Å²) in [6.07, 6.45) is 3.73. The van der Waals surface area contributed by atoms with Crippen LogP contribution in [0.15, 0.2) is 18.2 Å². The van der Waals surface area contributed by atoms with Gasteiger partial charge in [0.25, 0.3) is 0 Å². The van der Waals surface area contributed by atoms with Gasteiger partial charge >= 0.3 is 0 Å². The summed E-state index contributed by atoms with van der Waals surface area (Å²) in [6, 6.07) is 5.35. The van der Waals surface area contributed by atoms with Gasteiger partial charge in [0.05, 0.1) is 19.8 Å². The Balaban J connectivity index is 2.13. The largest absolute Gasteiger partial charge is 0.493 e. The molecule has 0 radical (unpaired) electrons. The number of likely N-dealkylation sites (N-methyl/N-ethyl adjacent to an activating group) is 1. The number of hydrogen-bond donors (Lipinski definition) is 1. The summed E-state index contributed by atoms with van der Waals surface area (Å²) in [4.78, 5) is 11.8. The summed E-state index contributed by atoms with van der Waals surface area (Å²) >= 11 is 0. The third-order valence-electron chi connectivity index (χ3n) is 3.17. The maximum atomic E-state index is 11.8. The summed E-state index contributed by atoms with van der Waals surface area (Å²) in [6.45, 7) is 0.325. The SMILES string of the molecule is CNCC(=O)c1ccc(OC2CCC2)c(OC)c1. The second-order valence-electron chi connectivity index (χ2n) is 4.49. The van der Waals surface area contributed by atoms with Gasteiger partial charge in [0, 0.05) is 5.56 Å². The highest BCUT2D eigenvalue weighted by atomic mass is 16.5. The van der Waals surface area contributed by atoms with E-state index in [2.05, 4.69) is 5.32 Å². The molecule has 0 spiro atoms. The van der Waals surface area contributed by atoms with Crippen LogP contribution in [-0.4, -0.2) is 32.6 Å². The van der Waals surface area contributed by atoms with Crippen LogP contribution in [0.4, 0.5) is 0 Å². The summed E-state index contributed by atoms with van der Waals surface area (Å²) in [5.74, 6) is 1.40. The van der Waals surface area contributed by atoms with Crippen LogP contribution in [-0.2, 0) is 0 Å². The van der Waals surface area contributed by atoms with E-state index in [1.165, 1.54) is 6.42 Å². The van der Waals surface area contributed by atoms with Gasteiger partial charge in [0.15, 0.2) is 17.3 Å². The molecule has 0 aliphatic heterocycles. The molecule has 1 N–H and O–H groups in total. The Morgan fingerprint density at radius 3 is 2.72 bits per heavy atom. The number of nitrogens with one attached hydrogen (secondary N) is 1. The predicted molar refractivity (Wildman–Crippen MR) is 69.5 cm³/mol. The molecule has 1 aliphatic rings. The second-order valence-corrected chi connectivity index (χ2v) is 4.49. The molecule has 98 valence electrons. The Morgan fingerprint density at radius 2 is 2.17 bits per heavy atom. The molecule has 18 heavy (non-hydrogen) atoms. The van der Waals surface area contributed by atoms with E-state index in [0.717, 1.165) is 18.6 Å². The van der Waals surface area contributed by atoms with Gasteiger partial charge in [-0.15, -0.1) is 0 Å². The number of carbonyl (C=O) groups is 1. The Morgan fingerprint density at radius 1 is 1.39 bits per heavy atom. The fraction of sp³-hybridized carbons (Fsp3) is 0.500. The van der Waals surface area contributed by atoms with Crippen LogP contribution in [0.25, 0.3) is 0 Å². The average molecular weight is 249 g/mol. The van der Waals surface area contributed by atoms with Crippen molar-refractivity contribution in [1.29, 1.82) is 0 Å². The van der Waals surface area contributed by atoms with Crippen molar-refractivity contribution in [3.8, 4) is 11.5 Å². The van der Waals surface area contributed by atoms with Gasteiger partial charge in [-0.05, 0) is 44.5 Å². The van der Waals surface area contributed by atoms with Gasteiger partial charge in [0.1, 0.15) is 0 Å². The van der Waals surface area contributed by atoms with Crippen molar-refractivity contribution < 1.29 is 14.3 Å². The van der Waals surface area contributed by atoms with Crippen molar-refractivity contribution in [2.24, 2.45) is 0 Å². The monoisotopic (exact) mass is 249 g/mol. The first-order chi connectivity index (χ1) is 8.74. The summed E-state index contributed by atoms with van der Waals surface area (Å²) in [7, 11) is 3.35. The van der Waals surface area contributed by atoms with E-state index in [1.807, 2.05) is 6.07 Å². The van der Waals surface area contributed by atoms with Gasteiger partial charge in [-0.25, -0.2) is 0 Å². The molecular weight excluding hydrogens is 230 g/mol. The van der Waals surface area contributed by atoms with Crippen LogP contribution in [0.5, 0.6) is 11.5 Å². The van der Waals surface area contributed by atoms with Crippen molar-refractivity contribution in [1.82, 2.24) is 5.32 Å². The number of ketones is 1. The minimum absolute atomic E-state index is 0.0472. The number of benzene rings is 1. The first-order valence-electron chi connectivity index (χ1n) is 6.27. The Hall–Kier alpha value is -1.55. The molecule has 1 aromatic carbocycles. The molecule has 1 saturated carbocycles. The standard InChI is InChI=1S/C14H19NO3/c1-15-9-12(16)10-6-7-13(14(8-10)17-2)18-11-4-3-5-11/h6-8,11,15H,3-5,9H2,1-2H3. The molecular formula is C14H19NO3. The average Bonchev–Trinajstić information content (AvgIpc) is 2.34. The molecule has 2 rings (SSSR count). The lowest BCUT2D eigenvalue weighted by molar-refractivity contribution is 0.0992. The molecule has 0 atom stereocenters. The fourth-order valence-electron chi connectivity index (χ4n) is 1.87. The number of methoxy groups -OCH3 is 1. The normalized spacial score (nSPS) is 15.0. The van der Waals surface area contributed by atoms with Crippen molar-refractivity contribution in [2.45, 2.75) is 25.4 Å². The molecule has 0 saturated heterocycles. The highest BCUT2D eigenvalue weighted by Crippen LogP contribution is 2.33. The molecule has 1 fully saturated rings. The number of ether oxygens (including phenoxy) is 2. The molecule has 0 bridgehead atoms. The van der Waals surface area contributed by atoms with Crippen molar-refractivity contribution in [3.63, 3.8) is 0 Å². The maximum absolute atomic E-state index is 11.8. The lowest BCUT2D eigenvalue weighted by Gasteiger charge is -2.27. The number of hydrogen-bond acceptors (Lipinski definition) is 4. The van der Waals surface area contributed by atoms with Gasteiger partial charge in [-0.2, -0.15) is 0 Å². The molecule has 0 heterocycles. The van der Waals surface area contributed by atoms with E-state index in [4.69, 9.17) is 9.47 Å². The van der Waals surface area contributed by atoms with Crippen LogP contribution < -0.4 is 14.8 Å². The third-order valence-corrected chi connectivity index (χ3v) is 3.17. The van der Waals surface area contributed by atoms with Gasteiger partial charge in [-0.3, -0.25) is 4.79 Å².